The van der Waals surface area contributed by atoms with Gasteiger partial charge in [-0.25, -0.2) is 0 Å². The van der Waals surface area contributed by atoms with Crippen LogP contribution in [0.3, 0.4) is 0 Å². The Morgan fingerprint density at radius 1 is 1.00 bits per heavy atom. The van der Waals surface area contributed by atoms with E-state index in [2.05, 4.69) is 13.5 Å². The molecular formula is C26H36O6. The first-order valence-electron chi connectivity index (χ1n) is 11.6. The van der Waals surface area contributed by atoms with Crippen molar-refractivity contribution in [3.05, 3.63) is 12.2 Å². The highest BCUT2D eigenvalue weighted by Gasteiger charge is 2.86. The van der Waals surface area contributed by atoms with Gasteiger partial charge < -0.3 is 9.84 Å². The van der Waals surface area contributed by atoms with Crippen molar-refractivity contribution in [2.75, 3.05) is 7.11 Å². The number of esters is 1. The van der Waals surface area contributed by atoms with E-state index in [1.54, 1.807) is 6.92 Å². The normalized spacial score (nSPS) is 49.9. The number of carbonyl (C=O) groups is 4. The topological polar surface area (TPSA) is 97.7 Å². The van der Waals surface area contributed by atoms with Gasteiger partial charge in [0.1, 0.15) is 5.78 Å². The lowest BCUT2D eigenvalue weighted by Crippen LogP contribution is -2.70. The summed E-state index contributed by atoms with van der Waals surface area (Å²) in [5.41, 5.74) is -6.94. The van der Waals surface area contributed by atoms with Crippen LogP contribution in [0.2, 0.25) is 0 Å². The lowest BCUT2D eigenvalue weighted by Gasteiger charge is -2.69. The van der Waals surface area contributed by atoms with Gasteiger partial charge in [-0.1, -0.05) is 39.8 Å². The molecule has 0 amide bonds. The fourth-order valence-corrected chi connectivity index (χ4v) is 9.00. The highest BCUT2D eigenvalue weighted by atomic mass is 16.5. The molecule has 3 unspecified atom stereocenters. The summed E-state index contributed by atoms with van der Waals surface area (Å²) < 4.78 is 5.24. The maximum absolute atomic E-state index is 14.0. The van der Waals surface area contributed by atoms with E-state index in [1.165, 1.54) is 14.0 Å². The van der Waals surface area contributed by atoms with Gasteiger partial charge in [0.05, 0.1) is 12.5 Å². The zero-order valence-corrected chi connectivity index (χ0v) is 20.4. The van der Waals surface area contributed by atoms with Crippen LogP contribution in [0.4, 0.5) is 0 Å². The van der Waals surface area contributed by atoms with Crippen LogP contribution in [-0.4, -0.2) is 41.1 Å². The van der Waals surface area contributed by atoms with Gasteiger partial charge in [0, 0.05) is 11.8 Å². The maximum atomic E-state index is 14.0. The van der Waals surface area contributed by atoms with E-state index in [0.717, 1.165) is 0 Å². The number of Topliss-reactive ketones (excluding diaryl/α,β-unsaturated/α-hetero) is 3. The quantitative estimate of drug-likeness (QED) is 0.378. The lowest BCUT2D eigenvalue weighted by molar-refractivity contribution is -0.217. The molecular weight excluding hydrogens is 408 g/mol. The molecule has 32 heavy (non-hydrogen) atoms. The zero-order chi connectivity index (χ0) is 24.3. The van der Waals surface area contributed by atoms with Crippen molar-refractivity contribution in [3.8, 4) is 0 Å². The molecule has 4 rings (SSSR count). The smallest absolute Gasteiger partial charge is 0.321 e. The Kier molecular flexibility index (Phi) is 4.52. The van der Waals surface area contributed by atoms with Crippen LogP contribution in [0.1, 0.15) is 73.6 Å². The van der Waals surface area contributed by atoms with E-state index < -0.39 is 44.8 Å². The molecule has 176 valence electrons. The van der Waals surface area contributed by atoms with Gasteiger partial charge in [0.15, 0.2) is 22.6 Å². The summed E-state index contributed by atoms with van der Waals surface area (Å²) in [6.07, 6.45) is 2.74. The molecule has 4 aliphatic carbocycles. The van der Waals surface area contributed by atoms with Crippen molar-refractivity contribution >= 4 is 23.3 Å². The fourth-order valence-electron chi connectivity index (χ4n) is 9.00. The van der Waals surface area contributed by atoms with Gasteiger partial charge in [-0.05, 0) is 62.2 Å². The molecule has 0 aromatic carbocycles. The average molecular weight is 445 g/mol. The van der Waals surface area contributed by atoms with Gasteiger partial charge in [0.2, 0.25) is 0 Å². The molecule has 4 fully saturated rings. The molecule has 1 N–H and O–H groups in total. The van der Waals surface area contributed by atoms with Crippen molar-refractivity contribution in [2.24, 2.45) is 38.9 Å². The van der Waals surface area contributed by atoms with Crippen molar-refractivity contribution in [1.29, 1.82) is 0 Å². The minimum absolute atomic E-state index is 0.0916. The Morgan fingerprint density at radius 3 is 2.16 bits per heavy atom. The standard InChI is InChI=1S/C26H36O6/c1-14-13-16-22(4)11-10-17(27)21(2,3)15(22)9-12-23(16,5)26(20(30)32-8)19(29)25(7,31)18(28)24(14,26)6/h15-16,31H,1,9-13H2,2-8H3/t15?,16?,22-,23+,24+,25?,26+/m0/s1. The number of hydrogen-bond acceptors (Lipinski definition) is 6. The first kappa shape index (κ1) is 23.3. The Hall–Kier alpha value is -1.82. The van der Waals surface area contributed by atoms with Crippen molar-refractivity contribution in [2.45, 2.75) is 79.2 Å². The van der Waals surface area contributed by atoms with E-state index >= 15 is 0 Å². The molecule has 0 bridgehead atoms. The first-order valence-corrected chi connectivity index (χ1v) is 11.6. The minimum Gasteiger partial charge on any atom is -0.468 e. The summed E-state index contributed by atoms with van der Waals surface area (Å²) in [6.45, 7) is 15.1. The van der Waals surface area contributed by atoms with Gasteiger partial charge in [0.25, 0.3) is 0 Å². The molecule has 6 nitrogen and oxygen atoms in total. The predicted molar refractivity (Wildman–Crippen MR) is 117 cm³/mol. The van der Waals surface area contributed by atoms with Crippen LogP contribution < -0.4 is 0 Å². The monoisotopic (exact) mass is 444 g/mol. The SMILES string of the molecule is C=C1CC2[C@@]3(C)CCC(=O)C(C)(C)C3CC[C@@]2(C)[C@]2(C(=O)OC)C(=O)C(C)(O)C(=O)[C@@]12C. The molecule has 0 aromatic heterocycles. The van der Waals surface area contributed by atoms with Crippen LogP contribution >= 0.6 is 0 Å². The van der Waals surface area contributed by atoms with E-state index in [0.29, 0.717) is 37.7 Å². The number of ether oxygens (including phenoxy) is 1. The summed E-state index contributed by atoms with van der Waals surface area (Å²) >= 11 is 0. The molecule has 0 heterocycles. The van der Waals surface area contributed by atoms with Crippen molar-refractivity contribution < 1.29 is 29.0 Å². The van der Waals surface area contributed by atoms with Gasteiger partial charge in [-0.3, -0.25) is 19.2 Å². The highest BCUT2D eigenvalue weighted by Crippen LogP contribution is 2.77. The molecule has 0 aromatic rings. The summed E-state index contributed by atoms with van der Waals surface area (Å²) in [5.74, 6) is -2.03. The summed E-state index contributed by atoms with van der Waals surface area (Å²) in [4.78, 5) is 54.0. The van der Waals surface area contributed by atoms with Gasteiger partial charge in [-0.15, -0.1) is 0 Å². The lowest BCUT2D eigenvalue weighted by atomic mass is 9.32. The highest BCUT2D eigenvalue weighted by molar-refractivity contribution is 6.30. The molecule has 6 heteroatoms. The fraction of sp³-hybridized carbons (Fsp3) is 0.769. The Bertz CT molecular complexity index is 975. The average Bonchev–Trinajstić information content (AvgIpc) is 2.84. The third kappa shape index (κ3) is 2.07. The molecule has 4 aliphatic rings. The maximum Gasteiger partial charge on any atom is 0.321 e. The number of methoxy groups -OCH3 is 1. The molecule has 0 spiro atoms. The summed E-state index contributed by atoms with van der Waals surface area (Å²) in [5, 5.41) is 11.1. The zero-order valence-electron chi connectivity index (χ0n) is 20.4. The number of rotatable bonds is 1. The van der Waals surface area contributed by atoms with Crippen LogP contribution in [0.5, 0.6) is 0 Å². The minimum atomic E-state index is -2.29. The number of allylic oxidation sites excluding steroid dienone is 1. The van der Waals surface area contributed by atoms with Crippen molar-refractivity contribution in [3.63, 3.8) is 0 Å². The number of aliphatic hydroxyl groups is 1. The molecule has 0 radical (unpaired) electrons. The second-order valence-corrected chi connectivity index (χ2v) is 12.1. The van der Waals surface area contributed by atoms with Gasteiger partial charge in [-0.2, -0.15) is 0 Å². The van der Waals surface area contributed by atoms with E-state index in [9.17, 15) is 24.3 Å². The molecule has 0 saturated heterocycles. The Balaban J connectivity index is 2.03. The third-order valence-electron chi connectivity index (χ3n) is 10.7. The predicted octanol–water partition coefficient (Wildman–Crippen LogP) is 3.44. The molecule has 7 atom stereocenters. The van der Waals surface area contributed by atoms with Crippen LogP contribution in [0.15, 0.2) is 12.2 Å². The van der Waals surface area contributed by atoms with E-state index in [4.69, 9.17) is 4.74 Å². The van der Waals surface area contributed by atoms with Crippen LogP contribution in [0.25, 0.3) is 0 Å². The summed E-state index contributed by atoms with van der Waals surface area (Å²) in [7, 11) is 1.23. The number of ketones is 3. The summed E-state index contributed by atoms with van der Waals surface area (Å²) in [6, 6.07) is 0. The second-order valence-electron chi connectivity index (χ2n) is 12.1. The van der Waals surface area contributed by atoms with E-state index in [1.807, 2.05) is 20.8 Å². The Labute approximate surface area is 190 Å². The Morgan fingerprint density at radius 2 is 1.59 bits per heavy atom. The largest absolute Gasteiger partial charge is 0.468 e. The molecule has 0 aliphatic heterocycles. The number of carbonyl (C=O) groups excluding carboxylic acids is 4. The molecule has 4 saturated carbocycles. The number of fused-ring (bicyclic) bond motifs is 5. The third-order valence-corrected chi connectivity index (χ3v) is 10.7. The van der Waals surface area contributed by atoms with Crippen molar-refractivity contribution in [1.82, 2.24) is 0 Å². The van der Waals surface area contributed by atoms with Gasteiger partial charge >= 0.3 is 5.97 Å². The number of hydrogen-bond donors (Lipinski definition) is 1. The first-order chi connectivity index (χ1) is 14.5. The second kappa shape index (κ2) is 6.19. The van der Waals surface area contributed by atoms with E-state index in [-0.39, 0.29) is 23.0 Å². The van der Waals surface area contributed by atoms with Crippen LogP contribution in [0, 0.1) is 38.9 Å². The van der Waals surface area contributed by atoms with Crippen LogP contribution in [-0.2, 0) is 23.9 Å².